The van der Waals surface area contributed by atoms with E-state index in [1.54, 1.807) is 0 Å². The van der Waals surface area contributed by atoms with Crippen LogP contribution in [0.4, 0.5) is 17.1 Å². The standard InChI is InChI=1S/C62H44N2/c1-43-25-32-50(33-26-43)63(51-34-27-45(28-35-51)44-15-5-2-6-16-44)52-36-29-46(30-37-52)47-31-40-61-57(41-47)56-22-12-14-24-60(56)64(61)53-38-39-55-54-21-11-13-23-58(54)62(59(55)42-53,48-17-7-3-8-18-48)49-19-9-4-10-20-49/h2-42H,1H3/i14D,31D. The van der Waals surface area contributed by atoms with E-state index in [1.807, 2.05) is 24.3 Å². The van der Waals surface area contributed by atoms with Gasteiger partial charge in [0, 0.05) is 33.5 Å². The number of anilines is 3. The van der Waals surface area contributed by atoms with Crippen molar-refractivity contribution >= 4 is 38.9 Å². The number of fused-ring (bicyclic) bond motifs is 6. The van der Waals surface area contributed by atoms with E-state index in [-0.39, 0.29) is 0 Å². The van der Waals surface area contributed by atoms with Crippen molar-refractivity contribution < 1.29 is 2.74 Å². The number of nitrogens with zero attached hydrogens (tertiary/aromatic N) is 2. The number of hydrogen-bond donors (Lipinski definition) is 0. The predicted molar refractivity (Wildman–Crippen MR) is 268 cm³/mol. The minimum Gasteiger partial charge on any atom is -0.311 e. The summed E-state index contributed by atoms with van der Waals surface area (Å²) in [5.41, 5.74) is 18.2. The van der Waals surface area contributed by atoms with Crippen LogP contribution in [-0.4, -0.2) is 4.57 Å². The molecule has 10 aromatic carbocycles. The van der Waals surface area contributed by atoms with Crippen molar-refractivity contribution in [3.05, 3.63) is 276 Å². The maximum atomic E-state index is 9.62. The van der Waals surface area contributed by atoms with Crippen LogP contribution in [-0.2, 0) is 5.41 Å². The molecule has 0 saturated heterocycles. The number of benzene rings is 10. The van der Waals surface area contributed by atoms with E-state index in [2.05, 4.69) is 229 Å². The smallest absolute Gasteiger partial charge is 0.0714 e. The van der Waals surface area contributed by atoms with Gasteiger partial charge in [0.15, 0.2) is 0 Å². The molecule has 0 bridgehead atoms. The zero-order valence-corrected chi connectivity index (χ0v) is 35.4. The Morgan fingerprint density at radius 1 is 0.406 bits per heavy atom. The number of rotatable bonds is 8. The first-order valence-corrected chi connectivity index (χ1v) is 22.0. The van der Waals surface area contributed by atoms with Gasteiger partial charge < -0.3 is 9.47 Å². The fourth-order valence-corrected chi connectivity index (χ4v) is 10.2. The number of aromatic nitrogens is 1. The summed E-state index contributed by atoms with van der Waals surface area (Å²) >= 11 is 0. The van der Waals surface area contributed by atoms with Crippen LogP contribution in [0.5, 0.6) is 0 Å². The van der Waals surface area contributed by atoms with E-state index >= 15 is 0 Å². The van der Waals surface area contributed by atoms with Crippen LogP contribution in [0.3, 0.4) is 0 Å². The summed E-state index contributed by atoms with van der Waals surface area (Å²) in [5.74, 6) is 0. The number of para-hydroxylation sites is 1. The Morgan fingerprint density at radius 3 is 1.59 bits per heavy atom. The van der Waals surface area contributed by atoms with Crippen molar-refractivity contribution in [2.75, 3.05) is 4.90 Å². The van der Waals surface area contributed by atoms with Crippen molar-refractivity contribution in [3.63, 3.8) is 0 Å². The van der Waals surface area contributed by atoms with Gasteiger partial charge in [0.1, 0.15) is 0 Å². The molecule has 0 atom stereocenters. The highest BCUT2D eigenvalue weighted by molar-refractivity contribution is 6.10. The third-order valence-electron chi connectivity index (χ3n) is 13.2. The fraction of sp³-hybridized carbons (Fsp3) is 0.0323. The normalized spacial score (nSPS) is 13.0. The molecule has 302 valence electrons. The maximum Gasteiger partial charge on any atom is 0.0714 e. The minimum absolute atomic E-state index is 0.439. The summed E-state index contributed by atoms with van der Waals surface area (Å²) in [5, 5.41) is 2.09. The van der Waals surface area contributed by atoms with Crippen molar-refractivity contribution in [2.24, 2.45) is 0 Å². The molecule has 0 fully saturated rings. The maximum absolute atomic E-state index is 9.62. The Kier molecular flexibility index (Phi) is 8.47. The molecule has 0 unspecified atom stereocenters. The molecule has 0 spiro atoms. The van der Waals surface area contributed by atoms with Crippen LogP contribution in [0.15, 0.2) is 249 Å². The Bertz CT molecular complexity index is 3540. The minimum atomic E-state index is -0.551. The van der Waals surface area contributed by atoms with Crippen LogP contribution in [0.1, 0.15) is 30.6 Å². The van der Waals surface area contributed by atoms with E-state index in [0.29, 0.717) is 12.1 Å². The third kappa shape index (κ3) is 6.02. The van der Waals surface area contributed by atoms with Crippen LogP contribution in [0.25, 0.3) is 60.9 Å². The first kappa shape index (κ1) is 35.4. The second kappa shape index (κ2) is 15.3. The van der Waals surface area contributed by atoms with Gasteiger partial charge in [-0.3, -0.25) is 0 Å². The summed E-state index contributed by atoms with van der Waals surface area (Å²) in [4.78, 5) is 2.29. The molecule has 2 heteroatoms. The van der Waals surface area contributed by atoms with Crippen molar-refractivity contribution in [1.29, 1.82) is 0 Å². The highest BCUT2D eigenvalue weighted by atomic mass is 15.1. The summed E-state index contributed by atoms with van der Waals surface area (Å²) in [7, 11) is 0. The van der Waals surface area contributed by atoms with E-state index in [1.165, 1.54) is 50.1 Å². The second-order valence-electron chi connectivity index (χ2n) is 16.8. The zero-order chi connectivity index (χ0) is 44.4. The van der Waals surface area contributed by atoms with Crippen molar-refractivity contribution in [3.8, 4) is 39.1 Å². The van der Waals surface area contributed by atoms with Gasteiger partial charge in [0.25, 0.3) is 0 Å². The zero-order valence-electron chi connectivity index (χ0n) is 37.4. The molecule has 1 aromatic heterocycles. The van der Waals surface area contributed by atoms with Gasteiger partial charge in [-0.2, -0.15) is 0 Å². The first-order valence-electron chi connectivity index (χ1n) is 23.0. The van der Waals surface area contributed by atoms with Gasteiger partial charge in [-0.15, -0.1) is 0 Å². The van der Waals surface area contributed by atoms with E-state index < -0.39 is 5.41 Å². The molecule has 0 N–H and O–H groups in total. The average molecular weight is 819 g/mol. The lowest BCUT2D eigenvalue weighted by Crippen LogP contribution is -2.28. The second-order valence-corrected chi connectivity index (χ2v) is 16.8. The SMILES string of the molecule is [2H]c1ccc2c3cc(-c4ccc(N(c5ccc(C)cc5)c5ccc(-c6ccccc6)cc5)cc4)c([2H])cc3n(-c3ccc4c(c3)C(c3ccccc3)(c3ccccc3)c3ccccc3-4)c2c1. The predicted octanol–water partition coefficient (Wildman–Crippen LogP) is 16.3. The highest BCUT2D eigenvalue weighted by Gasteiger charge is 2.46. The van der Waals surface area contributed by atoms with Gasteiger partial charge in [-0.05, 0) is 129 Å². The highest BCUT2D eigenvalue weighted by Crippen LogP contribution is 2.56. The molecule has 11 aromatic rings. The Hall–Kier alpha value is -8.20. The Morgan fingerprint density at radius 2 is 0.938 bits per heavy atom. The molecular formula is C62H44N2. The lowest BCUT2D eigenvalue weighted by atomic mass is 9.67. The lowest BCUT2D eigenvalue weighted by Gasteiger charge is -2.34. The molecular weight excluding hydrogens is 773 g/mol. The molecule has 12 rings (SSSR count). The fourth-order valence-electron chi connectivity index (χ4n) is 10.2. The van der Waals surface area contributed by atoms with E-state index in [0.717, 1.165) is 55.7 Å². The number of hydrogen-bond acceptors (Lipinski definition) is 1. The Labute approximate surface area is 377 Å². The van der Waals surface area contributed by atoms with Crippen LogP contribution in [0.2, 0.25) is 0 Å². The van der Waals surface area contributed by atoms with Gasteiger partial charge in [0.2, 0.25) is 0 Å². The molecule has 1 aliphatic rings. The van der Waals surface area contributed by atoms with Crippen LogP contribution >= 0.6 is 0 Å². The molecule has 64 heavy (non-hydrogen) atoms. The van der Waals surface area contributed by atoms with E-state index in [4.69, 9.17) is 1.37 Å². The van der Waals surface area contributed by atoms with Crippen molar-refractivity contribution in [1.82, 2.24) is 4.57 Å². The third-order valence-corrected chi connectivity index (χ3v) is 13.2. The van der Waals surface area contributed by atoms with E-state index in [9.17, 15) is 1.37 Å². The Balaban J connectivity index is 0.987. The summed E-state index contributed by atoms with van der Waals surface area (Å²) in [6, 6.07) is 84.8. The summed E-state index contributed by atoms with van der Waals surface area (Å²) in [6.07, 6.45) is 0. The van der Waals surface area contributed by atoms with Crippen LogP contribution < -0.4 is 4.90 Å². The topological polar surface area (TPSA) is 8.17 Å². The molecule has 1 aliphatic carbocycles. The first-order chi connectivity index (χ1) is 32.5. The van der Waals surface area contributed by atoms with Gasteiger partial charge in [-0.25, -0.2) is 0 Å². The molecule has 2 nitrogen and oxygen atoms in total. The largest absolute Gasteiger partial charge is 0.311 e. The number of aryl methyl sites for hydroxylation is 1. The monoisotopic (exact) mass is 818 g/mol. The summed E-state index contributed by atoms with van der Waals surface area (Å²) < 4.78 is 20.7. The van der Waals surface area contributed by atoms with Gasteiger partial charge in [-0.1, -0.05) is 188 Å². The summed E-state index contributed by atoms with van der Waals surface area (Å²) in [6.45, 7) is 2.11. The lowest BCUT2D eigenvalue weighted by molar-refractivity contribution is 0.767. The molecule has 0 aliphatic heterocycles. The molecule has 0 saturated carbocycles. The van der Waals surface area contributed by atoms with Crippen molar-refractivity contribution in [2.45, 2.75) is 12.3 Å². The van der Waals surface area contributed by atoms with Gasteiger partial charge >= 0.3 is 0 Å². The quantitative estimate of drug-likeness (QED) is 0.148. The molecule has 0 radical (unpaired) electrons. The molecule has 0 amide bonds. The van der Waals surface area contributed by atoms with Gasteiger partial charge in [0.05, 0.1) is 19.2 Å². The average Bonchev–Trinajstić information content (AvgIpc) is 3.84. The molecule has 1 heterocycles. The van der Waals surface area contributed by atoms with Crippen LogP contribution in [0, 0.1) is 6.92 Å².